The van der Waals surface area contributed by atoms with Crippen molar-refractivity contribution in [3.05, 3.63) is 85.1 Å². The minimum absolute atomic E-state index is 0.0107. The summed E-state index contributed by atoms with van der Waals surface area (Å²) < 4.78 is 23.2. The molecule has 0 heterocycles. The Balaban J connectivity index is 3.86. The molecule has 3 unspecified atom stereocenters. The van der Waals surface area contributed by atoms with Gasteiger partial charge in [-0.2, -0.15) is 0 Å². The third kappa shape index (κ3) is 51.5. The smallest absolute Gasteiger partial charge is 0.268 e. The number of quaternary nitrogens is 1. The standard InChI is InChI=1S/C59H107N2O6P/c1-6-8-10-12-14-16-17-18-19-20-21-22-23-24-25-26-27-28-29-30-31-32-33-34-35-36-37-38-39-40-41-42-43-45-47-49-51-53-59(63)60-57(56-67-68(64,65)66-55-54-61(3,4)5)58(62)52-50-48-46-44-15-13-11-9-7-2/h7-10,14-16,18-19,21-22,44,50,52,57-58,62H,6,11-13,17,20,23-43,45-49,51,53-56H2,1-5H3,(H-,60,63,64,65)/b9-7+,10-8-,16-14-,19-18-,22-21-,44-15+,52-50+. The van der Waals surface area contributed by atoms with Crippen molar-refractivity contribution in [2.24, 2.45) is 0 Å². The molecule has 394 valence electrons. The molecule has 0 fully saturated rings. The normalized spacial score (nSPS) is 14.6. The summed E-state index contributed by atoms with van der Waals surface area (Å²) in [4.78, 5) is 25.3. The Bertz CT molecular complexity index is 1380. The van der Waals surface area contributed by atoms with E-state index in [9.17, 15) is 19.4 Å². The summed E-state index contributed by atoms with van der Waals surface area (Å²) in [5.41, 5.74) is 0. The predicted octanol–water partition coefficient (Wildman–Crippen LogP) is 16.2. The van der Waals surface area contributed by atoms with Crippen LogP contribution in [-0.2, 0) is 18.4 Å². The van der Waals surface area contributed by atoms with E-state index in [1.54, 1.807) is 6.08 Å². The van der Waals surface area contributed by atoms with Crippen molar-refractivity contribution in [3.8, 4) is 0 Å². The molecule has 8 nitrogen and oxygen atoms in total. The fourth-order valence-corrected chi connectivity index (χ4v) is 8.55. The van der Waals surface area contributed by atoms with Crippen LogP contribution in [-0.4, -0.2) is 68.5 Å². The molecule has 0 bridgehead atoms. The maximum atomic E-state index is 12.9. The molecule has 0 saturated carbocycles. The van der Waals surface area contributed by atoms with Crippen LogP contribution in [0.15, 0.2) is 85.1 Å². The molecule has 0 aromatic heterocycles. The lowest BCUT2D eigenvalue weighted by Gasteiger charge is -2.29. The zero-order valence-corrected chi connectivity index (χ0v) is 45.7. The molecular weight excluding hydrogens is 864 g/mol. The summed E-state index contributed by atoms with van der Waals surface area (Å²) in [6, 6.07) is -0.909. The lowest BCUT2D eigenvalue weighted by Crippen LogP contribution is -2.45. The number of aliphatic hydroxyl groups is 1. The van der Waals surface area contributed by atoms with E-state index in [0.717, 1.165) is 70.6 Å². The molecule has 68 heavy (non-hydrogen) atoms. The number of phosphoric acid groups is 1. The highest BCUT2D eigenvalue weighted by Crippen LogP contribution is 2.38. The molecule has 1 amide bonds. The molecule has 0 aliphatic heterocycles. The zero-order valence-electron chi connectivity index (χ0n) is 44.8. The van der Waals surface area contributed by atoms with Gasteiger partial charge in [0.2, 0.25) is 5.91 Å². The molecule has 0 aromatic carbocycles. The topological polar surface area (TPSA) is 108 Å². The molecule has 0 radical (unpaired) electrons. The SMILES string of the molecule is C/C=C/CC/C=C/CC/C=C/C(O)C(COP(=O)([O-])OCC[N+](C)(C)C)NC(=O)CCCCCCCCCCCCCCCCCCCCCCCCCC/C=C\C/C=C\C/C=C\C/C=C\CC. The summed E-state index contributed by atoms with van der Waals surface area (Å²) in [7, 11) is 1.23. The van der Waals surface area contributed by atoms with E-state index < -0.39 is 26.6 Å². The average Bonchev–Trinajstić information content (AvgIpc) is 3.30. The van der Waals surface area contributed by atoms with Crippen LogP contribution in [0.25, 0.3) is 0 Å². The fourth-order valence-electron chi connectivity index (χ4n) is 7.83. The molecule has 2 N–H and O–H groups in total. The summed E-state index contributed by atoms with van der Waals surface area (Å²) in [6.07, 6.45) is 70.1. The minimum Gasteiger partial charge on any atom is -0.756 e. The van der Waals surface area contributed by atoms with Gasteiger partial charge in [0.25, 0.3) is 7.82 Å². The highest BCUT2D eigenvalue weighted by molar-refractivity contribution is 7.45. The Hall–Kier alpha value is -2.32. The number of carbonyl (C=O) groups is 1. The van der Waals surface area contributed by atoms with Crippen LogP contribution in [0.4, 0.5) is 0 Å². The quantitative estimate of drug-likeness (QED) is 0.0272. The summed E-state index contributed by atoms with van der Waals surface area (Å²) >= 11 is 0. The lowest BCUT2D eigenvalue weighted by atomic mass is 10.0. The number of rotatable bonds is 50. The number of amides is 1. The van der Waals surface area contributed by atoms with Gasteiger partial charge in [0.15, 0.2) is 0 Å². The molecule has 0 rings (SSSR count). The first-order chi connectivity index (χ1) is 33.0. The van der Waals surface area contributed by atoms with Gasteiger partial charge >= 0.3 is 0 Å². The van der Waals surface area contributed by atoms with Crippen LogP contribution in [0.3, 0.4) is 0 Å². The molecule has 0 aliphatic rings. The second kappa shape index (κ2) is 49.7. The van der Waals surface area contributed by atoms with Crippen LogP contribution < -0.4 is 10.2 Å². The van der Waals surface area contributed by atoms with Gasteiger partial charge < -0.3 is 28.8 Å². The number of allylic oxidation sites excluding steroid dienone is 13. The van der Waals surface area contributed by atoms with Gasteiger partial charge in [-0.25, -0.2) is 0 Å². The molecule has 3 atom stereocenters. The van der Waals surface area contributed by atoms with E-state index in [0.29, 0.717) is 17.4 Å². The Kier molecular flexibility index (Phi) is 48.0. The first-order valence-electron chi connectivity index (χ1n) is 27.9. The van der Waals surface area contributed by atoms with Gasteiger partial charge in [-0.15, -0.1) is 0 Å². The van der Waals surface area contributed by atoms with Crippen molar-refractivity contribution < 1.29 is 32.9 Å². The number of carbonyl (C=O) groups excluding carboxylic acids is 1. The van der Waals surface area contributed by atoms with Crippen LogP contribution in [0.5, 0.6) is 0 Å². The second-order valence-electron chi connectivity index (χ2n) is 19.9. The number of nitrogens with one attached hydrogen (secondary N) is 1. The van der Waals surface area contributed by atoms with Gasteiger partial charge in [0, 0.05) is 6.42 Å². The van der Waals surface area contributed by atoms with Crippen molar-refractivity contribution >= 4 is 13.7 Å². The zero-order chi connectivity index (χ0) is 49.9. The molecule has 0 saturated heterocycles. The summed E-state index contributed by atoms with van der Waals surface area (Å²) in [6.45, 7) is 4.27. The van der Waals surface area contributed by atoms with E-state index in [1.807, 2.05) is 40.2 Å². The van der Waals surface area contributed by atoms with Crippen molar-refractivity contribution in [2.45, 2.75) is 244 Å². The molecule has 9 heteroatoms. The van der Waals surface area contributed by atoms with Gasteiger partial charge in [0.05, 0.1) is 39.9 Å². The van der Waals surface area contributed by atoms with Crippen molar-refractivity contribution in [1.82, 2.24) is 5.32 Å². The van der Waals surface area contributed by atoms with E-state index in [2.05, 4.69) is 79.1 Å². The van der Waals surface area contributed by atoms with E-state index in [4.69, 9.17) is 9.05 Å². The second-order valence-corrected chi connectivity index (χ2v) is 21.3. The minimum atomic E-state index is -4.60. The van der Waals surface area contributed by atoms with Gasteiger partial charge in [-0.05, 0) is 77.6 Å². The van der Waals surface area contributed by atoms with Gasteiger partial charge in [-0.3, -0.25) is 9.36 Å². The largest absolute Gasteiger partial charge is 0.756 e. The van der Waals surface area contributed by atoms with Crippen LogP contribution in [0.1, 0.15) is 232 Å². The summed E-state index contributed by atoms with van der Waals surface area (Å²) in [5.74, 6) is -0.214. The molecule has 0 spiro atoms. The van der Waals surface area contributed by atoms with E-state index in [-0.39, 0.29) is 12.5 Å². The first-order valence-corrected chi connectivity index (χ1v) is 29.4. The Labute approximate surface area is 420 Å². The highest BCUT2D eigenvalue weighted by Gasteiger charge is 2.23. The number of aliphatic hydroxyl groups excluding tert-OH is 1. The number of likely N-dealkylation sites (N-methyl/N-ethyl adjacent to an activating group) is 1. The number of hydrogen-bond donors (Lipinski definition) is 2. The highest BCUT2D eigenvalue weighted by atomic mass is 31.2. The molecular formula is C59H107N2O6P. The fraction of sp³-hybridized carbons (Fsp3) is 0.746. The van der Waals surface area contributed by atoms with Crippen molar-refractivity contribution in [3.63, 3.8) is 0 Å². The van der Waals surface area contributed by atoms with E-state index in [1.165, 1.54) is 141 Å². The maximum absolute atomic E-state index is 12.9. The van der Waals surface area contributed by atoms with Crippen LogP contribution in [0, 0.1) is 0 Å². The van der Waals surface area contributed by atoms with Crippen molar-refractivity contribution in [2.75, 3.05) is 40.9 Å². The maximum Gasteiger partial charge on any atom is 0.268 e. The third-order valence-corrected chi connectivity index (χ3v) is 13.1. The van der Waals surface area contributed by atoms with Gasteiger partial charge in [0.1, 0.15) is 13.2 Å². The van der Waals surface area contributed by atoms with Crippen LogP contribution in [0.2, 0.25) is 0 Å². The molecule has 0 aliphatic carbocycles. The Morgan fingerprint density at radius 3 is 1.37 bits per heavy atom. The van der Waals surface area contributed by atoms with Crippen molar-refractivity contribution in [1.29, 1.82) is 0 Å². The first kappa shape index (κ1) is 65.7. The number of nitrogens with zero attached hydrogens (tertiary/aromatic N) is 1. The Morgan fingerprint density at radius 1 is 0.544 bits per heavy atom. The number of phosphoric ester groups is 1. The number of unbranched alkanes of at least 4 members (excludes halogenated alkanes) is 26. The predicted molar refractivity (Wildman–Crippen MR) is 293 cm³/mol. The monoisotopic (exact) mass is 971 g/mol. The number of hydrogen-bond acceptors (Lipinski definition) is 6. The third-order valence-electron chi connectivity index (χ3n) is 12.2. The van der Waals surface area contributed by atoms with Gasteiger partial charge in [-0.1, -0.05) is 233 Å². The van der Waals surface area contributed by atoms with E-state index >= 15 is 0 Å². The van der Waals surface area contributed by atoms with Crippen LogP contribution >= 0.6 is 7.82 Å². The average molecular weight is 971 g/mol. The summed E-state index contributed by atoms with van der Waals surface area (Å²) in [5, 5.41) is 13.7. The lowest BCUT2D eigenvalue weighted by molar-refractivity contribution is -0.870. The Morgan fingerprint density at radius 2 is 0.926 bits per heavy atom. The molecule has 0 aromatic rings.